The Morgan fingerprint density at radius 2 is 1.82 bits per heavy atom. The second-order valence-corrected chi connectivity index (χ2v) is 7.39. The van der Waals surface area contributed by atoms with Gasteiger partial charge in [-0.05, 0) is 37.6 Å². The monoisotopic (exact) mass is 398 g/mol. The quantitative estimate of drug-likeness (QED) is 0.836. The number of carbonyl (C=O) groups is 2. The van der Waals surface area contributed by atoms with E-state index in [0.29, 0.717) is 38.4 Å². The zero-order valence-corrected chi connectivity index (χ0v) is 15.6. The number of primary amides is 1. The summed E-state index contributed by atoms with van der Waals surface area (Å²) in [5, 5.41) is 0. The number of anilines is 1. The Hall–Kier alpha value is -2.29. The van der Waals surface area contributed by atoms with Gasteiger partial charge in [-0.15, -0.1) is 0 Å². The van der Waals surface area contributed by atoms with Gasteiger partial charge in [0.1, 0.15) is 0 Å². The molecule has 9 heteroatoms. The molecule has 1 aromatic rings. The van der Waals surface area contributed by atoms with E-state index in [2.05, 4.69) is 0 Å². The fourth-order valence-electron chi connectivity index (χ4n) is 3.82. The van der Waals surface area contributed by atoms with Gasteiger partial charge < -0.3 is 15.5 Å². The van der Waals surface area contributed by atoms with Gasteiger partial charge in [0.15, 0.2) is 0 Å². The van der Waals surface area contributed by atoms with Crippen LogP contribution in [0.2, 0.25) is 0 Å². The highest BCUT2D eigenvalue weighted by Gasteiger charge is 2.32. The number of nitrogens with two attached hydrogens (primary N) is 1. The molecule has 2 heterocycles. The van der Waals surface area contributed by atoms with Gasteiger partial charge in [-0.2, -0.15) is 13.2 Å². The molecule has 2 amide bonds. The van der Waals surface area contributed by atoms with Gasteiger partial charge in [0, 0.05) is 38.4 Å². The first-order chi connectivity index (χ1) is 13.2. The second kappa shape index (κ2) is 8.38. The predicted molar refractivity (Wildman–Crippen MR) is 98.6 cm³/mol. The van der Waals surface area contributed by atoms with Gasteiger partial charge in [0.2, 0.25) is 11.8 Å². The summed E-state index contributed by atoms with van der Waals surface area (Å²) in [5.41, 5.74) is 5.22. The minimum Gasteiger partial charge on any atom is -0.369 e. The molecule has 0 aliphatic carbocycles. The average molecular weight is 398 g/mol. The molecule has 2 saturated heterocycles. The molecule has 28 heavy (non-hydrogen) atoms. The highest BCUT2D eigenvalue weighted by atomic mass is 19.4. The molecule has 0 spiro atoms. The molecular weight excluding hydrogens is 373 g/mol. The fourth-order valence-corrected chi connectivity index (χ4v) is 3.82. The number of carbonyl (C=O) groups excluding carboxylic acids is 2. The van der Waals surface area contributed by atoms with Crippen molar-refractivity contribution in [3.05, 3.63) is 29.8 Å². The number of rotatable bonds is 4. The molecule has 2 fully saturated rings. The molecule has 2 aliphatic heterocycles. The summed E-state index contributed by atoms with van der Waals surface area (Å²) < 4.78 is 38.7. The Morgan fingerprint density at radius 1 is 1.11 bits per heavy atom. The smallest absolute Gasteiger partial charge is 0.369 e. The van der Waals surface area contributed by atoms with Crippen LogP contribution >= 0.6 is 0 Å². The lowest BCUT2D eigenvalue weighted by Crippen LogP contribution is -2.52. The minimum absolute atomic E-state index is 0.0196. The highest BCUT2D eigenvalue weighted by Crippen LogP contribution is 2.31. The first kappa shape index (κ1) is 20.4. The second-order valence-electron chi connectivity index (χ2n) is 7.39. The van der Waals surface area contributed by atoms with Crippen LogP contribution < -0.4 is 10.6 Å². The fraction of sp³-hybridized carbons (Fsp3) is 0.579. The molecule has 0 aromatic heterocycles. The average Bonchev–Trinajstić information content (AvgIpc) is 2.68. The molecule has 2 N–H and O–H groups in total. The maximum Gasteiger partial charge on any atom is 0.416 e. The molecular formula is C19H25F3N4O2. The number of nitrogens with zero attached hydrogens (tertiary/aromatic N) is 3. The summed E-state index contributed by atoms with van der Waals surface area (Å²) in [6, 6.07) is 5.27. The van der Waals surface area contributed by atoms with E-state index in [1.165, 1.54) is 6.07 Å². The maximum atomic E-state index is 12.9. The summed E-state index contributed by atoms with van der Waals surface area (Å²) in [4.78, 5) is 29.5. The van der Waals surface area contributed by atoms with Gasteiger partial charge >= 0.3 is 6.18 Å². The molecule has 0 radical (unpaired) electrons. The van der Waals surface area contributed by atoms with Crippen molar-refractivity contribution >= 4 is 17.5 Å². The van der Waals surface area contributed by atoms with E-state index in [-0.39, 0.29) is 24.3 Å². The van der Waals surface area contributed by atoms with Crippen LogP contribution in [0.3, 0.4) is 0 Å². The first-order valence-corrected chi connectivity index (χ1v) is 9.45. The maximum absolute atomic E-state index is 12.9. The largest absolute Gasteiger partial charge is 0.416 e. The van der Waals surface area contributed by atoms with Crippen LogP contribution in [-0.2, 0) is 15.8 Å². The van der Waals surface area contributed by atoms with Gasteiger partial charge in [0.25, 0.3) is 0 Å². The third kappa shape index (κ3) is 4.95. The van der Waals surface area contributed by atoms with Gasteiger partial charge in [-0.3, -0.25) is 14.5 Å². The third-order valence-corrected chi connectivity index (χ3v) is 5.44. The molecule has 2 aliphatic rings. The summed E-state index contributed by atoms with van der Waals surface area (Å²) >= 11 is 0. The number of hydrogen-bond donors (Lipinski definition) is 1. The van der Waals surface area contributed by atoms with Crippen molar-refractivity contribution < 1.29 is 22.8 Å². The summed E-state index contributed by atoms with van der Waals surface area (Å²) in [6.07, 6.45) is -2.77. The summed E-state index contributed by atoms with van der Waals surface area (Å²) in [5.74, 6) is -0.556. The molecule has 1 aromatic carbocycles. The van der Waals surface area contributed by atoms with Crippen molar-refractivity contribution in [2.45, 2.75) is 19.0 Å². The van der Waals surface area contributed by atoms with Crippen LogP contribution in [0.5, 0.6) is 0 Å². The Labute approximate surface area is 162 Å². The lowest BCUT2D eigenvalue weighted by molar-refractivity contribution is -0.137. The SMILES string of the molecule is NC(=O)C1CCCN(CC(=O)N2CCN(c3cccc(C(F)(F)F)c3)CC2)C1. The molecule has 6 nitrogen and oxygen atoms in total. The van der Waals surface area contributed by atoms with Gasteiger partial charge in [-0.25, -0.2) is 0 Å². The van der Waals surface area contributed by atoms with Crippen molar-refractivity contribution in [2.75, 3.05) is 50.7 Å². The normalized spacial score (nSPS) is 21.6. The van der Waals surface area contributed by atoms with Crippen molar-refractivity contribution in [3.8, 4) is 0 Å². The molecule has 1 atom stereocenters. The number of benzene rings is 1. The number of hydrogen-bond acceptors (Lipinski definition) is 4. The molecule has 3 rings (SSSR count). The lowest BCUT2D eigenvalue weighted by Gasteiger charge is -2.38. The van der Waals surface area contributed by atoms with Gasteiger partial charge in [-0.1, -0.05) is 6.07 Å². The van der Waals surface area contributed by atoms with E-state index in [0.717, 1.165) is 31.5 Å². The third-order valence-electron chi connectivity index (χ3n) is 5.44. The van der Waals surface area contributed by atoms with Crippen molar-refractivity contribution in [1.29, 1.82) is 0 Å². The molecule has 0 bridgehead atoms. The van der Waals surface area contributed by atoms with E-state index < -0.39 is 11.7 Å². The number of piperidine rings is 1. The number of likely N-dealkylation sites (tertiary alicyclic amines) is 1. The van der Waals surface area contributed by atoms with Crippen LogP contribution in [0.25, 0.3) is 0 Å². The van der Waals surface area contributed by atoms with E-state index in [1.54, 1.807) is 11.0 Å². The predicted octanol–water partition coefficient (Wildman–Crippen LogP) is 1.55. The van der Waals surface area contributed by atoms with E-state index >= 15 is 0 Å². The van der Waals surface area contributed by atoms with Crippen LogP contribution in [0, 0.1) is 5.92 Å². The van der Waals surface area contributed by atoms with Crippen LogP contribution in [0.4, 0.5) is 18.9 Å². The number of amides is 2. The highest BCUT2D eigenvalue weighted by molar-refractivity contribution is 5.79. The summed E-state index contributed by atoms with van der Waals surface area (Å²) in [7, 11) is 0. The van der Waals surface area contributed by atoms with E-state index in [1.807, 2.05) is 9.80 Å². The van der Waals surface area contributed by atoms with Crippen molar-refractivity contribution in [3.63, 3.8) is 0 Å². The van der Waals surface area contributed by atoms with Gasteiger partial charge in [0.05, 0.1) is 18.0 Å². The number of halogens is 3. The van der Waals surface area contributed by atoms with Crippen molar-refractivity contribution in [2.24, 2.45) is 11.7 Å². The molecule has 154 valence electrons. The zero-order chi connectivity index (χ0) is 20.3. The van der Waals surface area contributed by atoms with Crippen LogP contribution in [0.15, 0.2) is 24.3 Å². The topological polar surface area (TPSA) is 69.9 Å². The van der Waals surface area contributed by atoms with Crippen LogP contribution in [-0.4, -0.2) is 67.4 Å². The van der Waals surface area contributed by atoms with E-state index in [4.69, 9.17) is 5.73 Å². The number of alkyl halides is 3. The van der Waals surface area contributed by atoms with Crippen molar-refractivity contribution in [1.82, 2.24) is 9.80 Å². The summed E-state index contributed by atoms with van der Waals surface area (Å²) in [6.45, 7) is 3.40. The number of piperazine rings is 1. The van der Waals surface area contributed by atoms with Crippen LogP contribution in [0.1, 0.15) is 18.4 Å². The molecule has 0 saturated carbocycles. The minimum atomic E-state index is -4.37. The molecule has 1 unspecified atom stereocenters. The Kier molecular flexibility index (Phi) is 6.12. The Bertz CT molecular complexity index is 717. The standard InChI is InChI=1S/C19H25F3N4O2/c20-19(21,22)15-4-1-5-16(11-15)25-7-9-26(10-8-25)17(27)13-24-6-2-3-14(12-24)18(23)28/h1,4-5,11,14H,2-3,6-10,12-13H2,(H2,23,28). The Balaban J connectivity index is 1.52. The zero-order valence-electron chi connectivity index (χ0n) is 15.6. The first-order valence-electron chi connectivity index (χ1n) is 9.45. The Morgan fingerprint density at radius 3 is 2.46 bits per heavy atom. The van der Waals surface area contributed by atoms with E-state index in [9.17, 15) is 22.8 Å². The lowest BCUT2D eigenvalue weighted by atomic mass is 9.97.